The van der Waals surface area contributed by atoms with Crippen LogP contribution in [-0.2, 0) is 4.79 Å². The molecule has 116 valence electrons. The maximum atomic E-state index is 12.1. The molecular formula is C16H22ClNO3. The first-order valence-corrected chi connectivity index (χ1v) is 7.25. The molecule has 1 aromatic rings. The summed E-state index contributed by atoms with van der Waals surface area (Å²) in [7, 11) is 0. The van der Waals surface area contributed by atoms with E-state index in [1.54, 1.807) is 18.2 Å². The van der Waals surface area contributed by atoms with E-state index in [-0.39, 0.29) is 17.9 Å². The highest BCUT2D eigenvalue weighted by Crippen LogP contribution is 2.24. The molecule has 4 nitrogen and oxygen atoms in total. The lowest BCUT2D eigenvalue weighted by Crippen LogP contribution is -2.35. The number of carboxylic acids is 1. The van der Waals surface area contributed by atoms with Gasteiger partial charge in [0.05, 0.1) is 5.92 Å². The fourth-order valence-electron chi connectivity index (χ4n) is 2.14. The van der Waals surface area contributed by atoms with E-state index in [4.69, 9.17) is 11.6 Å². The maximum absolute atomic E-state index is 12.1. The van der Waals surface area contributed by atoms with Crippen LogP contribution in [0.5, 0.6) is 0 Å². The number of nitrogens with one attached hydrogen (secondary N) is 1. The third-order valence-corrected chi connectivity index (χ3v) is 3.40. The number of carboxylic acid groups (broad SMARTS) is 1. The van der Waals surface area contributed by atoms with E-state index >= 15 is 0 Å². The van der Waals surface area contributed by atoms with E-state index in [2.05, 4.69) is 5.32 Å². The van der Waals surface area contributed by atoms with Gasteiger partial charge in [-0.1, -0.05) is 38.4 Å². The van der Waals surface area contributed by atoms with Crippen LogP contribution in [0, 0.1) is 18.3 Å². The Morgan fingerprint density at radius 2 is 1.95 bits per heavy atom. The van der Waals surface area contributed by atoms with Crippen molar-refractivity contribution in [2.45, 2.75) is 34.1 Å². The molecule has 0 spiro atoms. The maximum Gasteiger partial charge on any atom is 0.308 e. The highest BCUT2D eigenvalue weighted by molar-refractivity contribution is 6.31. The Bertz CT molecular complexity index is 535. The van der Waals surface area contributed by atoms with Crippen molar-refractivity contribution < 1.29 is 14.7 Å². The van der Waals surface area contributed by atoms with Crippen LogP contribution >= 0.6 is 11.6 Å². The first-order chi connectivity index (χ1) is 9.60. The lowest BCUT2D eigenvalue weighted by Gasteiger charge is -2.23. The van der Waals surface area contributed by atoms with Gasteiger partial charge in [-0.05, 0) is 36.5 Å². The van der Waals surface area contributed by atoms with Gasteiger partial charge in [-0.2, -0.15) is 0 Å². The summed E-state index contributed by atoms with van der Waals surface area (Å²) in [6, 6.07) is 5.07. The Labute approximate surface area is 130 Å². The molecule has 0 radical (unpaired) electrons. The Hall–Kier alpha value is -1.55. The number of carbonyl (C=O) groups is 2. The predicted octanol–water partition coefficient (Wildman–Crippen LogP) is 3.52. The number of hydrogen-bond acceptors (Lipinski definition) is 2. The molecule has 0 aliphatic carbocycles. The standard InChI is InChI=1S/C16H22ClNO3/c1-10-5-6-12(17)7-13(10)14(19)18-9-11(15(20)21)8-16(2,3)4/h5-7,11H,8-9H2,1-4H3,(H,18,19)(H,20,21). The van der Waals surface area contributed by atoms with Gasteiger partial charge in [0, 0.05) is 17.1 Å². The van der Waals surface area contributed by atoms with Crippen LogP contribution in [0.3, 0.4) is 0 Å². The van der Waals surface area contributed by atoms with E-state index in [0.29, 0.717) is 17.0 Å². The fraction of sp³-hybridized carbons (Fsp3) is 0.500. The number of benzene rings is 1. The van der Waals surface area contributed by atoms with Crippen LogP contribution in [0.2, 0.25) is 5.02 Å². The molecule has 1 amide bonds. The molecule has 0 aliphatic heterocycles. The van der Waals surface area contributed by atoms with Crippen LogP contribution in [0.15, 0.2) is 18.2 Å². The highest BCUT2D eigenvalue weighted by Gasteiger charge is 2.25. The van der Waals surface area contributed by atoms with E-state index < -0.39 is 11.9 Å². The topological polar surface area (TPSA) is 66.4 Å². The SMILES string of the molecule is Cc1ccc(Cl)cc1C(=O)NCC(CC(C)(C)C)C(=O)O. The predicted molar refractivity (Wildman–Crippen MR) is 83.7 cm³/mol. The number of hydrogen-bond donors (Lipinski definition) is 2. The van der Waals surface area contributed by atoms with Crippen LogP contribution in [0.25, 0.3) is 0 Å². The van der Waals surface area contributed by atoms with Crippen molar-refractivity contribution in [2.75, 3.05) is 6.54 Å². The summed E-state index contributed by atoms with van der Waals surface area (Å²) < 4.78 is 0. The molecular weight excluding hydrogens is 290 g/mol. The van der Waals surface area contributed by atoms with Crippen LogP contribution < -0.4 is 5.32 Å². The van der Waals surface area contributed by atoms with Gasteiger partial charge in [-0.3, -0.25) is 9.59 Å². The number of rotatable bonds is 5. The number of amides is 1. The third-order valence-electron chi connectivity index (χ3n) is 3.16. The van der Waals surface area contributed by atoms with Gasteiger partial charge in [-0.15, -0.1) is 0 Å². The molecule has 21 heavy (non-hydrogen) atoms. The normalized spacial score (nSPS) is 12.8. The smallest absolute Gasteiger partial charge is 0.308 e. The summed E-state index contributed by atoms with van der Waals surface area (Å²) in [4.78, 5) is 23.4. The van der Waals surface area contributed by atoms with E-state index in [0.717, 1.165) is 5.56 Å². The van der Waals surface area contributed by atoms with Gasteiger partial charge in [0.2, 0.25) is 0 Å². The Morgan fingerprint density at radius 3 is 2.48 bits per heavy atom. The molecule has 0 aromatic heterocycles. The fourth-order valence-corrected chi connectivity index (χ4v) is 2.31. The van der Waals surface area contributed by atoms with E-state index in [9.17, 15) is 14.7 Å². The van der Waals surface area contributed by atoms with Crippen LogP contribution in [0.4, 0.5) is 0 Å². The molecule has 0 saturated carbocycles. The number of carbonyl (C=O) groups excluding carboxylic acids is 1. The van der Waals surface area contributed by atoms with Crippen LogP contribution in [-0.4, -0.2) is 23.5 Å². The van der Waals surface area contributed by atoms with Gasteiger partial charge < -0.3 is 10.4 Å². The summed E-state index contributed by atoms with van der Waals surface area (Å²) in [5.74, 6) is -1.79. The number of aryl methyl sites for hydroxylation is 1. The Balaban J connectivity index is 2.74. The molecule has 1 aromatic carbocycles. The van der Waals surface area contributed by atoms with Crippen LogP contribution in [0.1, 0.15) is 43.1 Å². The average Bonchev–Trinajstić information content (AvgIpc) is 2.35. The molecule has 1 rings (SSSR count). The average molecular weight is 312 g/mol. The molecule has 2 N–H and O–H groups in total. The summed E-state index contributed by atoms with van der Waals surface area (Å²) in [5, 5.41) is 12.4. The Morgan fingerprint density at radius 1 is 1.33 bits per heavy atom. The van der Waals surface area contributed by atoms with Crippen molar-refractivity contribution in [1.29, 1.82) is 0 Å². The highest BCUT2D eigenvalue weighted by atomic mass is 35.5. The first kappa shape index (κ1) is 17.5. The van der Waals surface area contributed by atoms with Gasteiger partial charge in [-0.25, -0.2) is 0 Å². The second-order valence-electron chi connectivity index (χ2n) is 6.47. The van der Waals surface area contributed by atoms with Crippen molar-refractivity contribution in [2.24, 2.45) is 11.3 Å². The monoisotopic (exact) mass is 311 g/mol. The molecule has 0 aliphatic rings. The van der Waals surface area contributed by atoms with Gasteiger partial charge in [0.25, 0.3) is 5.91 Å². The van der Waals surface area contributed by atoms with Crippen molar-refractivity contribution in [3.8, 4) is 0 Å². The minimum absolute atomic E-state index is 0.109. The second kappa shape index (κ2) is 6.94. The molecule has 0 fully saturated rings. The van der Waals surface area contributed by atoms with Crippen molar-refractivity contribution in [3.05, 3.63) is 34.3 Å². The minimum atomic E-state index is -0.895. The third kappa shape index (κ3) is 5.76. The van der Waals surface area contributed by atoms with Crippen molar-refractivity contribution in [3.63, 3.8) is 0 Å². The van der Waals surface area contributed by atoms with Gasteiger partial charge in [0.1, 0.15) is 0 Å². The molecule has 5 heteroatoms. The molecule has 1 atom stereocenters. The quantitative estimate of drug-likeness (QED) is 0.874. The zero-order valence-corrected chi connectivity index (χ0v) is 13.6. The first-order valence-electron chi connectivity index (χ1n) is 6.87. The number of halogens is 1. The van der Waals surface area contributed by atoms with E-state index in [1.165, 1.54) is 0 Å². The molecule has 0 saturated heterocycles. The molecule has 0 heterocycles. The largest absolute Gasteiger partial charge is 0.481 e. The zero-order valence-electron chi connectivity index (χ0n) is 12.9. The summed E-state index contributed by atoms with van der Waals surface area (Å²) in [6.45, 7) is 7.86. The van der Waals surface area contributed by atoms with Crippen molar-refractivity contribution in [1.82, 2.24) is 5.32 Å². The van der Waals surface area contributed by atoms with Gasteiger partial charge >= 0.3 is 5.97 Å². The van der Waals surface area contributed by atoms with Gasteiger partial charge in [0.15, 0.2) is 0 Å². The van der Waals surface area contributed by atoms with Crippen molar-refractivity contribution >= 4 is 23.5 Å². The summed E-state index contributed by atoms with van der Waals surface area (Å²) in [6.07, 6.45) is 0.497. The lowest BCUT2D eigenvalue weighted by atomic mass is 9.84. The minimum Gasteiger partial charge on any atom is -0.481 e. The lowest BCUT2D eigenvalue weighted by molar-refractivity contribution is -0.142. The Kier molecular flexibility index (Phi) is 5.78. The summed E-state index contributed by atoms with van der Waals surface area (Å²) in [5.41, 5.74) is 1.17. The summed E-state index contributed by atoms with van der Waals surface area (Å²) >= 11 is 5.89. The number of aliphatic carboxylic acids is 1. The zero-order chi connectivity index (χ0) is 16.2. The molecule has 0 bridgehead atoms. The molecule has 1 unspecified atom stereocenters. The van der Waals surface area contributed by atoms with E-state index in [1.807, 2.05) is 27.7 Å². The second-order valence-corrected chi connectivity index (χ2v) is 6.91.